The average molecular weight is 470 g/mol. The fraction of sp³-hybridized carbons (Fsp3) is 0.120. The number of alkyl halides is 3. The molecular formula is C25H21F3N2O4. The van der Waals surface area contributed by atoms with Crippen LogP contribution in [0.3, 0.4) is 0 Å². The standard InChI is InChI=1S/C25H21F3N2O4/c1-33-21-12-5-3-10-19(21)29-23(31)18(15-16-8-7-9-17(14-16)25(26,27)28)24(32)30-20-11-4-6-13-22(20)34-2/h3-15H,1-2H3,(H,29,31)(H,30,32). The van der Waals surface area contributed by atoms with Crippen LogP contribution in [-0.4, -0.2) is 26.0 Å². The van der Waals surface area contributed by atoms with Crippen LogP contribution < -0.4 is 20.1 Å². The van der Waals surface area contributed by atoms with Crippen LogP contribution in [0.25, 0.3) is 6.08 Å². The maximum atomic E-state index is 13.2. The van der Waals surface area contributed by atoms with E-state index in [1.807, 2.05) is 0 Å². The van der Waals surface area contributed by atoms with Gasteiger partial charge in [-0.15, -0.1) is 0 Å². The summed E-state index contributed by atoms with van der Waals surface area (Å²) < 4.78 is 49.9. The van der Waals surface area contributed by atoms with Crippen molar-refractivity contribution < 1.29 is 32.2 Å². The predicted octanol–water partition coefficient (Wildman–Crippen LogP) is 5.38. The molecule has 3 aromatic rings. The molecule has 0 saturated heterocycles. The van der Waals surface area contributed by atoms with Gasteiger partial charge in [0.2, 0.25) is 0 Å². The first-order chi connectivity index (χ1) is 16.2. The van der Waals surface area contributed by atoms with Crippen LogP contribution in [0.1, 0.15) is 11.1 Å². The molecule has 0 saturated carbocycles. The van der Waals surface area contributed by atoms with Crippen molar-refractivity contribution in [1.29, 1.82) is 0 Å². The molecule has 0 atom stereocenters. The summed E-state index contributed by atoms with van der Waals surface area (Å²) in [6.45, 7) is 0. The van der Waals surface area contributed by atoms with Crippen molar-refractivity contribution in [2.75, 3.05) is 24.9 Å². The first kappa shape index (κ1) is 24.4. The second-order valence-corrected chi connectivity index (χ2v) is 6.99. The lowest BCUT2D eigenvalue weighted by Gasteiger charge is -2.14. The summed E-state index contributed by atoms with van der Waals surface area (Å²) in [6, 6.07) is 17.4. The molecule has 176 valence electrons. The molecule has 0 aromatic heterocycles. The van der Waals surface area contributed by atoms with E-state index in [0.29, 0.717) is 11.5 Å². The van der Waals surface area contributed by atoms with Gasteiger partial charge in [0.1, 0.15) is 17.1 Å². The zero-order valence-corrected chi connectivity index (χ0v) is 18.3. The van der Waals surface area contributed by atoms with Crippen molar-refractivity contribution in [1.82, 2.24) is 0 Å². The molecule has 0 heterocycles. The van der Waals surface area contributed by atoms with Gasteiger partial charge < -0.3 is 20.1 Å². The van der Waals surface area contributed by atoms with Crippen LogP contribution in [0, 0.1) is 0 Å². The van der Waals surface area contributed by atoms with E-state index in [-0.39, 0.29) is 16.9 Å². The first-order valence-electron chi connectivity index (χ1n) is 10.0. The third-order valence-electron chi connectivity index (χ3n) is 4.72. The zero-order valence-electron chi connectivity index (χ0n) is 18.3. The van der Waals surface area contributed by atoms with Gasteiger partial charge in [-0.1, -0.05) is 36.4 Å². The van der Waals surface area contributed by atoms with Gasteiger partial charge in [-0.05, 0) is 48.0 Å². The van der Waals surface area contributed by atoms with E-state index in [4.69, 9.17) is 9.47 Å². The Morgan fingerprint density at radius 3 is 1.74 bits per heavy atom. The quantitative estimate of drug-likeness (QED) is 0.276. The summed E-state index contributed by atoms with van der Waals surface area (Å²) in [4.78, 5) is 26.2. The number of anilines is 2. The molecule has 2 N–H and O–H groups in total. The van der Waals surface area contributed by atoms with Crippen LogP contribution in [-0.2, 0) is 15.8 Å². The number of nitrogens with one attached hydrogen (secondary N) is 2. The van der Waals surface area contributed by atoms with Gasteiger partial charge in [-0.3, -0.25) is 9.59 Å². The Kier molecular flexibility index (Phi) is 7.57. The van der Waals surface area contributed by atoms with Crippen molar-refractivity contribution in [3.8, 4) is 11.5 Å². The van der Waals surface area contributed by atoms with Crippen LogP contribution in [0.2, 0.25) is 0 Å². The van der Waals surface area contributed by atoms with Crippen LogP contribution in [0.5, 0.6) is 11.5 Å². The van der Waals surface area contributed by atoms with Gasteiger partial charge in [0.15, 0.2) is 0 Å². The third kappa shape index (κ3) is 5.94. The van der Waals surface area contributed by atoms with Gasteiger partial charge in [0.25, 0.3) is 11.8 Å². The summed E-state index contributed by atoms with van der Waals surface area (Å²) in [5.41, 5.74) is -0.729. The number of benzene rings is 3. The van der Waals surface area contributed by atoms with Crippen molar-refractivity contribution in [2.24, 2.45) is 0 Å². The van der Waals surface area contributed by atoms with Crippen LogP contribution in [0.15, 0.2) is 78.4 Å². The van der Waals surface area contributed by atoms with Crippen molar-refractivity contribution in [3.05, 3.63) is 89.5 Å². The molecule has 9 heteroatoms. The maximum Gasteiger partial charge on any atom is 0.416 e. The Bertz CT molecular complexity index is 1160. The molecule has 0 unspecified atom stereocenters. The minimum atomic E-state index is -4.58. The topological polar surface area (TPSA) is 76.7 Å². The Morgan fingerprint density at radius 1 is 0.765 bits per heavy atom. The number of rotatable bonds is 7. The Morgan fingerprint density at radius 2 is 1.26 bits per heavy atom. The number of methoxy groups -OCH3 is 2. The number of hydrogen-bond acceptors (Lipinski definition) is 4. The summed E-state index contributed by atoms with van der Waals surface area (Å²) in [6.07, 6.45) is -3.49. The van der Waals surface area contributed by atoms with Gasteiger partial charge in [0, 0.05) is 0 Å². The Hall–Kier alpha value is -4.27. The fourth-order valence-electron chi connectivity index (χ4n) is 3.08. The monoisotopic (exact) mass is 470 g/mol. The highest BCUT2D eigenvalue weighted by atomic mass is 19.4. The first-order valence-corrected chi connectivity index (χ1v) is 10.0. The highest BCUT2D eigenvalue weighted by Gasteiger charge is 2.30. The van der Waals surface area contributed by atoms with Crippen LogP contribution >= 0.6 is 0 Å². The SMILES string of the molecule is COc1ccccc1NC(=O)C(=Cc1cccc(C(F)(F)F)c1)C(=O)Nc1ccccc1OC. The highest BCUT2D eigenvalue weighted by molar-refractivity contribution is 6.29. The van der Waals surface area contributed by atoms with E-state index in [0.717, 1.165) is 18.2 Å². The molecule has 34 heavy (non-hydrogen) atoms. The van der Waals surface area contributed by atoms with Gasteiger partial charge in [-0.2, -0.15) is 13.2 Å². The van der Waals surface area contributed by atoms with E-state index >= 15 is 0 Å². The average Bonchev–Trinajstić information content (AvgIpc) is 2.82. The molecule has 6 nitrogen and oxygen atoms in total. The van der Waals surface area contributed by atoms with Crippen molar-refractivity contribution in [2.45, 2.75) is 6.18 Å². The minimum Gasteiger partial charge on any atom is -0.495 e. The van der Waals surface area contributed by atoms with E-state index in [1.165, 1.54) is 26.4 Å². The number of hydrogen-bond donors (Lipinski definition) is 2. The van der Waals surface area contributed by atoms with Gasteiger partial charge in [0.05, 0.1) is 31.2 Å². The summed E-state index contributed by atoms with van der Waals surface area (Å²) in [5, 5.41) is 5.15. The number of carbonyl (C=O) groups is 2. The number of carbonyl (C=O) groups excluding carboxylic acids is 2. The smallest absolute Gasteiger partial charge is 0.416 e. The molecule has 3 aromatic carbocycles. The number of ether oxygens (including phenoxy) is 2. The van der Waals surface area contributed by atoms with E-state index in [2.05, 4.69) is 10.6 Å². The van der Waals surface area contributed by atoms with Gasteiger partial charge >= 0.3 is 6.18 Å². The lowest BCUT2D eigenvalue weighted by molar-refractivity contribution is -0.137. The normalized spacial score (nSPS) is 10.7. The molecule has 0 radical (unpaired) electrons. The van der Waals surface area contributed by atoms with Gasteiger partial charge in [-0.25, -0.2) is 0 Å². The largest absolute Gasteiger partial charge is 0.495 e. The lowest BCUT2D eigenvalue weighted by Crippen LogP contribution is -2.25. The molecule has 2 amide bonds. The maximum absolute atomic E-state index is 13.2. The molecule has 3 rings (SSSR count). The summed E-state index contributed by atoms with van der Waals surface area (Å²) in [7, 11) is 2.83. The zero-order chi connectivity index (χ0) is 24.7. The van der Waals surface area contributed by atoms with Crippen LogP contribution in [0.4, 0.5) is 24.5 Å². The summed E-state index contributed by atoms with van der Waals surface area (Å²) >= 11 is 0. The second kappa shape index (κ2) is 10.6. The molecule has 0 aliphatic heterocycles. The molecule has 0 bridgehead atoms. The molecule has 0 fully saturated rings. The molecule has 0 spiro atoms. The highest BCUT2D eigenvalue weighted by Crippen LogP contribution is 2.30. The molecular weight excluding hydrogens is 449 g/mol. The summed E-state index contributed by atoms with van der Waals surface area (Å²) in [5.74, 6) is -0.984. The number of para-hydroxylation sites is 4. The Balaban J connectivity index is 2.01. The Labute approximate surface area is 194 Å². The van der Waals surface area contributed by atoms with E-state index < -0.39 is 29.1 Å². The molecule has 0 aliphatic carbocycles. The van der Waals surface area contributed by atoms with E-state index in [1.54, 1.807) is 48.5 Å². The number of amides is 2. The minimum absolute atomic E-state index is 0.0233. The second-order valence-electron chi connectivity index (χ2n) is 6.99. The lowest BCUT2D eigenvalue weighted by atomic mass is 10.1. The fourth-order valence-corrected chi connectivity index (χ4v) is 3.08. The van der Waals surface area contributed by atoms with Crippen molar-refractivity contribution >= 4 is 29.3 Å². The molecule has 0 aliphatic rings. The van der Waals surface area contributed by atoms with E-state index in [9.17, 15) is 22.8 Å². The predicted molar refractivity (Wildman–Crippen MR) is 123 cm³/mol. The number of halogens is 3. The van der Waals surface area contributed by atoms with Crippen molar-refractivity contribution in [3.63, 3.8) is 0 Å². The third-order valence-corrected chi connectivity index (χ3v) is 4.72.